The van der Waals surface area contributed by atoms with Gasteiger partial charge in [-0.3, -0.25) is 9.69 Å². The van der Waals surface area contributed by atoms with E-state index in [0.717, 1.165) is 31.9 Å². The standard InChI is InChI=1S/C20H25FN2O3/c1-14(2)17(23-9-11-25-12-10-23)13-22-20(24)19-8-7-18(26-19)15-3-5-16(21)6-4-15/h3-8,14,17H,9-13H2,1-2H3,(H,22,24). The molecule has 2 aromatic rings. The van der Waals surface area contributed by atoms with Gasteiger partial charge in [0.2, 0.25) is 0 Å². The smallest absolute Gasteiger partial charge is 0.287 e. The fourth-order valence-corrected chi connectivity index (χ4v) is 3.21. The van der Waals surface area contributed by atoms with Gasteiger partial charge in [0.25, 0.3) is 5.91 Å². The molecule has 0 radical (unpaired) electrons. The third-order valence-electron chi connectivity index (χ3n) is 4.71. The van der Waals surface area contributed by atoms with E-state index in [0.29, 0.717) is 18.2 Å². The molecule has 0 aliphatic carbocycles. The molecule has 1 atom stereocenters. The Morgan fingerprint density at radius 1 is 1.15 bits per heavy atom. The molecule has 140 valence electrons. The summed E-state index contributed by atoms with van der Waals surface area (Å²) in [6.07, 6.45) is 0. The van der Waals surface area contributed by atoms with Crippen molar-refractivity contribution in [2.75, 3.05) is 32.8 Å². The van der Waals surface area contributed by atoms with Crippen molar-refractivity contribution >= 4 is 5.91 Å². The van der Waals surface area contributed by atoms with Crippen LogP contribution < -0.4 is 5.32 Å². The lowest BCUT2D eigenvalue weighted by molar-refractivity contribution is 0.00666. The van der Waals surface area contributed by atoms with Gasteiger partial charge in [0.05, 0.1) is 13.2 Å². The second kappa shape index (κ2) is 8.47. The third kappa shape index (κ3) is 4.51. The predicted molar refractivity (Wildman–Crippen MR) is 97.5 cm³/mol. The molecule has 6 heteroatoms. The molecule has 1 aliphatic heterocycles. The average Bonchev–Trinajstić information content (AvgIpc) is 3.13. The summed E-state index contributed by atoms with van der Waals surface area (Å²) in [5.41, 5.74) is 0.735. The van der Waals surface area contributed by atoms with E-state index in [4.69, 9.17) is 9.15 Å². The Labute approximate surface area is 153 Å². The van der Waals surface area contributed by atoms with Gasteiger partial charge < -0.3 is 14.5 Å². The molecule has 0 bridgehead atoms. The van der Waals surface area contributed by atoms with Crippen molar-refractivity contribution in [2.45, 2.75) is 19.9 Å². The van der Waals surface area contributed by atoms with E-state index >= 15 is 0 Å². The van der Waals surface area contributed by atoms with Crippen LogP contribution in [0, 0.1) is 11.7 Å². The zero-order valence-electron chi connectivity index (χ0n) is 15.2. The minimum absolute atomic E-state index is 0.239. The molecule has 1 fully saturated rings. The topological polar surface area (TPSA) is 54.7 Å². The molecule has 1 saturated heterocycles. The number of rotatable bonds is 6. The summed E-state index contributed by atoms with van der Waals surface area (Å²) in [7, 11) is 0. The van der Waals surface area contributed by atoms with E-state index in [1.165, 1.54) is 12.1 Å². The molecule has 5 nitrogen and oxygen atoms in total. The molecular formula is C20H25FN2O3. The van der Waals surface area contributed by atoms with E-state index in [1.54, 1.807) is 24.3 Å². The minimum atomic E-state index is -0.305. The molecule has 0 saturated carbocycles. The van der Waals surface area contributed by atoms with Gasteiger partial charge in [-0.15, -0.1) is 0 Å². The lowest BCUT2D eigenvalue weighted by Crippen LogP contribution is -2.51. The van der Waals surface area contributed by atoms with Gasteiger partial charge in [0.1, 0.15) is 11.6 Å². The van der Waals surface area contributed by atoms with Gasteiger partial charge in [0, 0.05) is 31.2 Å². The third-order valence-corrected chi connectivity index (χ3v) is 4.71. The number of nitrogens with zero attached hydrogens (tertiary/aromatic N) is 1. The Bertz CT molecular complexity index is 721. The number of benzene rings is 1. The maximum Gasteiger partial charge on any atom is 0.287 e. The molecule has 1 aromatic heterocycles. The number of hydrogen-bond acceptors (Lipinski definition) is 4. The van der Waals surface area contributed by atoms with E-state index in [9.17, 15) is 9.18 Å². The van der Waals surface area contributed by atoms with Gasteiger partial charge in [-0.1, -0.05) is 13.8 Å². The molecule has 1 amide bonds. The van der Waals surface area contributed by atoms with Crippen LogP contribution in [0.2, 0.25) is 0 Å². The van der Waals surface area contributed by atoms with Crippen LogP contribution in [-0.2, 0) is 4.74 Å². The summed E-state index contributed by atoms with van der Waals surface area (Å²) in [5.74, 6) is 0.677. The van der Waals surface area contributed by atoms with E-state index in [2.05, 4.69) is 24.1 Å². The molecule has 2 heterocycles. The van der Waals surface area contributed by atoms with Crippen LogP contribution in [0.3, 0.4) is 0 Å². The van der Waals surface area contributed by atoms with E-state index < -0.39 is 0 Å². The maximum atomic E-state index is 13.0. The molecule has 1 aromatic carbocycles. The molecule has 1 N–H and O–H groups in total. The number of morpholine rings is 1. The molecule has 0 spiro atoms. The highest BCUT2D eigenvalue weighted by Gasteiger charge is 2.24. The average molecular weight is 360 g/mol. The largest absolute Gasteiger partial charge is 0.451 e. The Morgan fingerprint density at radius 3 is 2.50 bits per heavy atom. The van der Waals surface area contributed by atoms with Crippen molar-refractivity contribution in [3.8, 4) is 11.3 Å². The summed E-state index contributed by atoms with van der Waals surface area (Å²) in [6.45, 7) is 8.11. The molecule has 26 heavy (non-hydrogen) atoms. The lowest BCUT2D eigenvalue weighted by Gasteiger charge is -2.36. The molecule has 1 unspecified atom stereocenters. The van der Waals surface area contributed by atoms with Crippen molar-refractivity contribution in [3.05, 3.63) is 48.0 Å². The van der Waals surface area contributed by atoms with Crippen molar-refractivity contribution in [3.63, 3.8) is 0 Å². The number of halogens is 1. The van der Waals surface area contributed by atoms with Crippen molar-refractivity contribution in [1.29, 1.82) is 0 Å². The van der Waals surface area contributed by atoms with E-state index in [1.807, 2.05) is 0 Å². The molecule has 3 rings (SSSR count). The summed E-state index contributed by atoms with van der Waals surface area (Å²) < 4.78 is 24.1. The minimum Gasteiger partial charge on any atom is -0.451 e. The number of amides is 1. The SMILES string of the molecule is CC(C)C(CNC(=O)c1ccc(-c2ccc(F)cc2)o1)N1CCOCC1. The quantitative estimate of drug-likeness (QED) is 0.860. The van der Waals surface area contributed by atoms with Gasteiger partial charge >= 0.3 is 0 Å². The van der Waals surface area contributed by atoms with Crippen LogP contribution in [0.25, 0.3) is 11.3 Å². The number of nitrogens with one attached hydrogen (secondary N) is 1. The van der Waals surface area contributed by atoms with Crippen LogP contribution >= 0.6 is 0 Å². The zero-order chi connectivity index (χ0) is 18.5. The highest BCUT2D eigenvalue weighted by molar-refractivity contribution is 5.92. The van der Waals surface area contributed by atoms with Crippen molar-refractivity contribution in [1.82, 2.24) is 10.2 Å². The number of ether oxygens (including phenoxy) is 1. The lowest BCUT2D eigenvalue weighted by atomic mass is 10.0. The number of furan rings is 1. The Hall–Kier alpha value is -2.18. The fourth-order valence-electron chi connectivity index (χ4n) is 3.21. The predicted octanol–water partition coefficient (Wildman–Crippen LogP) is 3.17. The Kier molecular flexibility index (Phi) is 6.06. The van der Waals surface area contributed by atoms with Crippen molar-refractivity contribution in [2.24, 2.45) is 5.92 Å². The summed E-state index contributed by atoms with van der Waals surface area (Å²) in [4.78, 5) is 14.8. The summed E-state index contributed by atoms with van der Waals surface area (Å²) in [5, 5.41) is 2.98. The normalized spacial score (nSPS) is 16.6. The van der Waals surface area contributed by atoms with Gasteiger partial charge in [-0.2, -0.15) is 0 Å². The molecular weight excluding hydrogens is 335 g/mol. The number of carbonyl (C=O) groups is 1. The first-order chi connectivity index (χ1) is 12.5. The highest BCUT2D eigenvalue weighted by Crippen LogP contribution is 2.22. The van der Waals surface area contributed by atoms with Crippen LogP contribution in [-0.4, -0.2) is 49.7 Å². The molecule has 1 aliphatic rings. The Morgan fingerprint density at radius 2 is 1.85 bits per heavy atom. The van der Waals surface area contributed by atoms with Crippen molar-refractivity contribution < 1.29 is 18.3 Å². The van der Waals surface area contributed by atoms with Gasteiger partial charge in [0.15, 0.2) is 5.76 Å². The van der Waals surface area contributed by atoms with Gasteiger partial charge in [-0.25, -0.2) is 4.39 Å². The van der Waals surface area contributed by atoms with Crippen LogP contribution in [0.4, 0.5) is 4.39 Å². The number of carbonyl (C=O) groups excluding carboxylic acids is 1. The van der Waals surface area contributed by atoms with Gasteiger partial charge in [-0.05, 0) is 42.3 Å². The maximum absolute atomic E-state index is 13.0. The Balaban J connectivity index is 1.61. The second-order valence-electron chi connectivity index (χ2n) is 6.84. The first-order valence-electron chi connectivity index (χ1n) is 9.00. The highest BCUT2D eigenvalue weighted by atomic mass is 19.1. The van der Waals surface area contributed by atoms with Crippen LogP contribution in [0.1, 0.15) is 24.4 Å². The first kappa shape index (κ1) is 18.6. The van der Waals surface area contributed by atoms with Crippen LogP contribution in [0.5, 0.6) is 0 Å². The van der Waals surface area contributed by atoms with E-state index in [-0.39, 0.29) is 23.5 Å². The van der Waals surface area contributed by atoms with Crippen LogP contribution in [0.15, 0.2) is 40.8 Å². The second-order valence-corrected chi connectivity index (χ2v) is 6.84. The summed E-state index contributed by atoms with van der Waals surface area (Å²) in [6, 6.07) is 9.62. The zero-order valence-corrected chi connectivity index (χ0v) is 15.2. The fraction of sp³-hybridized carbons (Fsp3) is 0.450. The first-order valence-corrected chi connectivity index (χ1v) is 9.00. The monoisotopic (exact) mass is 360 g/mol. The number of hydrogen-bond donors (Lipinski definition) is 1. The summed E-state index contributed by atoms with van der Waals surface area (Å²) >= 11 is 0.